The topological polar surface area (TPSA) is 0 Å². The Balaban J connectivity index is 0.00000225. The molecule has 0 aromatic heterocycles. The molecule has 0 amide bonds. The Bertz CT molecular complexity index is 984. The van der Waals surface area contributed by atoms with Crippen LogP contribution in [0.15, 0.2) is 48.0 Å². The maximum Gasteiger partial charge on any atom is 0.0775 e. The normalized spacial score (nSPS) is 18.2. The molecule has 2 heteroatoms. The van der Waals surface area contributed by atoms with Crippen LogP contribution in [0.3, 0.4) is 0 Å². The van der Waals surface area contributed by atoms with E-state index in [4.69, 9.17) is 0 Å². The minimum Gasteiger partial charge on any atom is -0.145 e. The second kappa shape index (κ2) is 8.80. The van der Waals surface area contributed by atoms with Crippen LogP contribution in [-0.4, -0.2) is 8.07 Å². The van der Waals surface area contributed by atoms with E-state index in [1.807, 2.05) is 0 Å². The van der Waals surface area contributed by atoms with Crippen molar-refractivity contribution in [1.82, 2.24) is 0 Å². The van der Waals surface area contributed by atoms with Crippen molar-refractivity contribution in [3.63, 3.8) is 0 Å². The van der Waals surface area contributed by atoms with E-state index in [2.05, 4.69) is 81.2 Å². The van der Waals surface area contributed by atoms with E-state index in [0.717, 1.165) is 5.92 Å². The molecular formula is C26H31SiZr-. The third-order valence-corrected chi connectivity index (χ3v) is 8.22. The van der Waals surface area contributed by atoms with Crippen molar-refractivity contribution in [2.75, 3.05) is 0 Å². The zero-order valence-corrected chi connectivity index (χ0v) is 21.2. The fourth-order valence-corrected chi connectivity index (χ4v) is 5.59. The molecule has 0 unspecified atom stereocenters. The van der Waals surface area contributed by atoms with E-state index < -0.39 is 8.07 Å². The van der Waals surface area contributed by atoms with E-state index in [1.54, 1.807) is 0 Å². The standard InChI is InChI=1S/C26H31Si.Zr/c1-19-10-15-24(22-11-13-23(14-12-22)27(2,3)4)26-18-21(17-25(19)26)16-20-8-6-5-7-9-20;/h10-16,18,20H,5-9H2,1-4H3;/q-1;. The summed E-state index contributed by atoms with van der Waals surface area (Å²) in [5.41, 5.74) is 5.30. The quantitative estimate of drug-likeness (QED) is 0.436. The summed E-state index contributed by atoms with van der Waals surface area (Å²) in [6.07, 6.45) is 15.4. The SMILES string of the molecule is Cc1ccc(-c2ccc([Si](C)(C)C)cc2)c2c1=[C-]C(=CC1CCCCC1)C=2.[Zr]. The molecule has 0 nitrogen and oxygen atoms in total. The first-order valence-corrected chi connectivity index (χ1v) is 14.0. The molecule has 0 bridgehead atoms. The van der Waals surface area contributed by atoms with Gasteiger partial charge in [-0.05, 0) is 11.5 Å². The summed E-state index contributed by atoms with van der Waals surface area (Å²) in [5.74, 6) is 0.742. The van der Waals surface area contributed by atoms with Crippen LogP contribution in [0.1, 0.15) is 37.7 Å². The summed E-state index contributed by atoms with van der Waals surface area (Å²) in [6.45, 7) is 9.43. The van der Waals surface area contributed by atoms with Gasteiger partial charge in [0, 0.05) is 26.2 Å². The van der Waals surface area contributed by atoms with Crippen LogP contribution in [0.25, 0.3) is 23.3 Å². The molecule has 1 fully saturated rings. The van der Waals surface area contributed by atoms with Gasteiger partial charge in [-0.1, -0.05) is 106 Å². The molecule has 0 saturated heterocycles. The van der Waals surface area contributed by atoms with E-state index >= 15 is 0 Å². The first-order valence-electron chi connectivity index (χ1n) is 10.5. The average molecular weight is 463 g/mol. The van der Waals surface area contributed by atoms with Gasteiger partial charge in [-0.15, -0.1) is 39.8 Å². The van der Waals surface area contributed by atoms with Crippen molar-refractivity contribution in [1.29, 1.82) is 0 Å². The third kappa shape index (κ3) is 4.60. The summed E-state index contributed by atoms with van der Waals surface area (Å²) in [6, 6.07) is 13.9. The van der Waals surface area contributed by atoms with Gasteiger partial charge in [0.05, 0.1) is 8.07 Å². The number of hydrogen-bond acceptors (Lipinski definition) is 0. The molecule has 4 rings (SSSR count). The van der Waals surface area contributed by atoms with Crippen LogP contribution in [0, 0.1) is 12.8 Å². The van der Waals surface area contributed by atoms with Crippen LogP contribution >= 0.6 is 0 Å². The fraction of sp³-hybridized carbons (Fsp3) is 0.385. The van der Waals surface area contributed by atoms with Gasteiger partial charge in [-0.3, -0.25) is 0 Å². The van der Waals surface area contributed by atoms with Gasteiger partial charge < -0.3 is 0 Å². The van der Waals surface area contributed by atoms with Crippen LogP contribution in [-0.2, 0) is 26.2 Å². The smallest absolute Gasteiger partial charge is 0.0775 e. The molecule has 0 radical (unpaired) electrons. The number of aryl methyl sites for hydroxylation is 1. The molecule has 2 aromatic carbocycles. The molecule has 0 N–H and O–H groups in total. The summed E-state index contributed by atoms with van der Waals surface area (Å²) in [4.78, 5) is 0. The molecular weight excluding hydrogens is 432 g/mol. The zero-order chi connectivity index (χ0) is 19.0. The second-order valence-electron chi connectivity index (χ2n) is 9.34. The van der Waals surface area contributed by atoms with Gasteiger partial charge in [0.2, 0.25) is 0 Å². The molecule has 28 heavy (non-hydrogen) atoms. The number of benzene rings is 2. The molecule has 0 heterocycles. The van der Waals surface area contributed by atoms with Crippen LogP contribution < -0.4 is 15.6 Å². The molecule has 2 aliphatic rings. The molecule has 2 aliphatic carbocycles. The van der Waals surface area contributed by atoms with Gasteiger partial charge >= 0.3 is 0 Å². The summed E-state index contributed by atoms with van der Waals surface area (Å²) in [7, 11) is -1.25. The Morgan fingerprint density at radius 2 is 1.61 bits per heavy atom. The van der Waals surface area contributed by atoms with Gasteiger partial charge in [0.1, 0.15) is 0 Å². The Labute approximate surface area is 190 Å². The Morgan fingerprint density at radius 3 is 2.25 bits per heavy atom. The van der Waals surface area contributed by atoms with Gasteiger partial charge in [0.25, 0.3) is 0 Å². The third-order valence-electron chi connectivity index (χ3n) is 6.15. The van der Waals surface area contributed by atoms with Gasteiger partial charge in [0.15, 0.2) is 0 Å². The minimum absolute atomic E-state index is 0. The predicted octanol–water partition coefficient (Wildman–Crippen LogP) is 5.16. The molecule has 0 aliphatic heterocycles. The number of fused-ring (bicyclic) bond motifs is 1. The number of hydrogen-bond donors (Lipinski definition) is 0. The first kappa shape index (κ1) is 21.7. The Hall–Kier alpha value is -0.980. The average Bonchev–Trinajstić information content (AvgIpc) is 3.07. The van der Waals surface area contributed by atoms with Crippen molar-refractivity contribution in [2.45, 2.75) is 58.7 Å². The largest absolute Gasteiger partial charge is 0.145 e. The summed E-state index contributed by atoms with van der Waals surface area (Å²) >= 11 is 0. The van der Waals surface area contributed by atoms with Crippen molar-refractivity contribution in [3.05, 3.63) is 64.0 Å². The maximum atomic E-state index is 3.71. The van der Waals surface area contributed by atoms with Crippen LogP contribution in [0.5, 0.6) is 0 Å². The second-order valence-corrected chi connectivity index (χ2v) is 14.4. The van der Waals surface area contributed by atoms with Gasteiger partial charge in [-0.2, -0.15) is 0 Å². The monoisotopic (exact) mass is 461 g/mol. The molecule has 1 saturated carbocycles. The van der Waals surface area contributed by atoms with Crippen molar-refractivity contribution < 1.29 is 26.2 Å². The summed E-state index contributed by atoms with van der Waals surface area (Å²) in [5, 5.41) is 4.18. The van der Waals surface area contributed by atoms with E-state index in [1.165, 1.54) is 70.0 Å². The van der Waals surface area contributed by atoms with Crippen molar-refractivity contribution in [3.8, 4) is 11.1 Å². The zero-order valence-electron chi connectivity index (χ0n) is 17.7. The molecule has 144 valence electrons. The molecule has 0 atom stereocenters. The predicted molar refractivity (Wildman–Crippen MR) is 121 cm³/mol. The minimum atomic E-state index is -1.25. The van der Waals surface area contributed by atoms with Crippen LogP contribution in [0.4, 0.5) is 0 Å². The number of allylic oxidation sites excluding steroid dienone is 2. The number of rotatable bonds is 3. The Kier molecular flexibility index (Phi) is 6.83. The fourth-order valence-electron chi connectivity index (χ4n) is 4.43. The summed E-state index contributed by atoms with van der Waals surface area (Å²) < 4.78 is 0. The van der Waals surface area contributed by atoms with Crippen molar-refractivity contribution >= 4 is 25.4 Å². The van der Waals surface area contributed by atoms with Crippen molar-refractivity contribution in [2.24, 2.45) is 5.92 Å². The first-order chi connectivity index (χ1) is 12.9. The van der Waals surface area contributed by atoms with E-state index in [-0.39, 0.29) is 26.2 Å². The van der Waals surface area contributed by atoms with E-state index in [0.29, 0.717) is 0 Å². The van der Waals surface area contributed by atoms with Gasteiger partial charge in [-0.25, -0.2) is 0 Å². The Morgan fingerprint density at radius 1 is 0.929 bits per heavy atom. The van der Waals surface area contributed by atoms with Crippen LogP contribution in [0.2, 0.25) is 19.6 Å². The molecule has 2 aromatic rings. The molecule has 0 spiro atoms. The maximum absolute atomic E-state index is 3.71. The van der Waals surface area contributed by atoms with E-state index in [9.17, 15) is 0 Å².